The molecule has 9 heteroatoms. The highest BCUT2D eigenvalue weighted by Crippen LogP contribution is 2.24. The zero-order valence-corrected chi connectivity index (χ0v) is 20.6. The monoisotopic (exact) mass is 500 g/mol. The quantitative estimate of drug-likeness (QED) is 0.437. The van der Waals surface area contributed by atoms with Crippen LogP contribution in [-0.2, 0) is 21.3 Å². The van der Waals surface area contributed by atoms with E-state index in [1.54, 1.807) is 73.7 Å². The predicted octanol–water partition coefficient (Wildman–Crippen LogP) is 5.04. The molecule has 0 saturated carbocycles. The first kappa shape index (κ1) is 25.3. The van der Waals surface area contributed by atoms with E-state index in [0.717, 1.165) is 11.8 Å². The molecule has 7 nitrogen and oxygen atoms in total. The molecular weight excluding hydrogens is 476 g/mol. The fourth-order valence-electron chi connectivity index (χ4n) is 3.25. The Morgan fingerprint density at radius 1 is 1.00 bits per heavy atom. The molecule has 1 amide bonds. The van der Waals surface area contributed by atoms with Crippen LogP contribution in [0, 0.1) is 6.92 Å². The standard InChI is InChI=1S/C25H25ClN2O5S/c1-4-33-25(30)20-11-8-17(2)23(14-20)27-24(29)19-12-9-18(10-13-19)16-28(34(3,31)32)22-7-5-6-21(26)15-22/h5-15H,4,16H2,1-3H3,(H,27,29). The number of carbonyl (C=O) groups excluding carboxylic acids is 2. The maximum atomic E-state index is 12.8. The third-order valence-electron chi connectivity index (χ3n) is 5.04. The Balaban J connectivity index is 1.77. The number of nitrogens with zero attached hydrogens (tertiary/aromatic N) is 1. The molecule has 3 aromatic rings. The van der Waals surface area contributed by atoms with Crippen LogP contribution in [0.5, 0.6) is 0 Å². The topological polar surface area (TPSA) is 92.8 Å². The van der Waals surface area contributed by atoms with E-state index in [1.807, 2.05) is 6.92 Å². The molecule has 0 spiro atoms. The number of nitrogens with one attached hydrogen (secondary N) is 1. The van der Waals surface area contributed by atoms with Crippen molar-refractivity contribution in [2.45, 2.75) is 20.4 Å². The van der Waals surface area contributed by atoms with Gasteiger partial charge in [0.15, 0.2) is 0 Å². The van der Waals surface area contributed by atoms with Gasteiger partial charge in [-0.05, 0) is 67.4 Å². The number of ether oxygens (including phenoxy) is 1. The van der Waals surface area contributed by atoms with Gasteiger partial charge in [0.25, 0.3) is 5.91 Å². The second-order valence-electron chi connectivity index (χ2n) is 7.65. The maximum Gasteiger partial charge on any atom is 0.338 e. The minimum absolute atomic E-state index is 0.0851. The summed E-state index contributed by atoms with van der Waals surface area (Å²) in [6.45, 7) is 3.89. The summed E-state index contributed by atoms with van der Waals surface area (Å²) < 4.78 is 31.0. The van der Waals surface area contributed by atoms with E-state index < -0.39 is 16.0 Å². The van der Waals surface area contributed by atoms with Gasteiger partial charge in [0.05, 0.1) is 30.7 Å². The highest BCUT2D eigenvalue weighted by atomic mass is 35.5. The molecular formula is C25H25ClN2O5S. The molecule has 3 rings (SSSR count). The lowest BCUT2D eigenvalue weighted by molar-refractivity contribution is 0.0526. The lowest BCUT2D eigenvalue weighted by Gasteiger charge is -2.22. The molecule has 0 aliphatic heterocycles. The van der Waals surface area contributed by atoms with Crippen molar-refractivity contribution in [3.8, 4) is 0 Å². The Labute approximate surface area is 204 Å². The fraction of sp³-hybridized carbons (Fsp3) is 0.200. The normalized spacial score (nSPS) is 11.1. The number of rotatable bonds is 8. The van der Waals surface area contributed by atoms with Gasteiger partial charge in [-0.2, -0.15) is 0 Å². The molecule has 0 radical (unpaired) electrons. The number of carbonyl (C=O) groups is 2. The molecule has 0 bridgehead atoms. The smallest absolute Gasteiger partial charge is 0.338 e. The molecule has 0 atom stereocenters. The molecule has 178 valence electrons. The van der Waals surface area contributed by atoms with Gasteiger partial charge in [-0.15, -0.1) is 0 Å². The van der Waals surface area contributed by atoms with E-state index in [2.05, 4.69) is 5.32 Å². The second kappa shape index (κ2) is 10.7. The van der Waals surface area contributed by atoms with E-state index in [9.17, 15) is 18.0 Å². The molecule has 0 heterocycles. The van der Waals surface area contributed by atoms with Crippen LogP contribution in [0.15, 0.2) is 66.7 Å². The van der Waals surface area contributed by atoms with Crippen LogP contribution in [0.25, 0.3) is 0 Å². The predicted molar refractivity (Wildman–Crippen MR) is 134 cm³/mol. The van der Waals surface area contributed by atoms with Gasteiger partial charge < -0.3 is 10.1 Å². The summed E-state index contributed by atoms with van der Waals surface area (Å²) in [5.41, 5.74) is 3.18. The van der Waals surface area contributed by atoms with Crippen molar-refractivity contribution in [3.63, 3.8) is 0 Å². The van der Waals surface area contributed by atoms with Gasteiger partial charge in [-0.25, -0.2) is 13.2 Å². The Kier molecular flexibility index (Phi) is 7.96. The van der Waals surface area contributed by atoms with E-state index in [0.29, 0.717) is 33.1 Å². The molecule has 0 aromatic heterocycles. The zero-order chi connectivity index (χ0) is 24.9. The first-order chi connectivity index (χ1) is 16.1. The lowest BCUT2D eigenvalue weighted by atomic mass is 10.1. The van der Waals surface area contributed by atoms with E-state index in [4.69, 9.17) is 16.3 Å². The molecule has 0 aliphatic carbocycles. The number of sulfonamides is 1. The lowest BCUT2D eigenvalue weighted by Crippen LogP contribution is -2.29. The number of hydrogen-bond acceptors (Lipinski definition) is 5. The van der Waals surface area contributed by atoms with E-state index in [1.165, 1.54) is 4.31 Å². The second-order valence-corrected chi connectivity index (χ2v) is 9.99. The minimum atomic E-state index is -3.56. The van der Waals surface area contributed by atoms with Gasteiger partial charge in [-0.1, -0.05) is 35.9 Å². The molecule has 1 N–H and O–H groups in total. The summed E-state index contributed by atoms with van der Waals surface area (Å²) in [4.78, 5) is 24.8. The van der Waals surface area contributed by atoms with Crippen molar-refractivity contribution in [1.82, 2.24) is 0 Å². The van der Waals surface area contributed by atoms with Crippen LogP contribution in [0.1, 0.15) is 38.8 Å². The summed E-state index contributed by atoms with van der Waals surface area (Å²) in [7, 11) is -3.56. The van der Waals surface area contributed by atoms with Crippen molar-refractivity contribution in [3.05, 3.63) is 94.0 Å². The molecule has 0 fully saturated rings. The Bertz CT molecular complexity index is 1310. The van der Waals surface area contributed by atoms with E-state index >= 15 is 0 Å². The summed E-state index contributed by atoms with van der Waals surface area (Å²) in [6, 6.07) is 18.2. The van der Waals surface area contributed by atoms with Crippen LogP contribution in [-0.4, -0.2) is 33.2 Å². The zero-order valence-electron chi connectivity index (χ0n) is 19.0. The van der Waals surface area contributed by atoms with Gasteiger partial charge in [-0.3, -0.25) is 9.10 Å². The highest BCUT2D eigenvalue weighted by molar-refractivity contribution is 7.92. The number of esters is 1. The number of hydrogen-bond donors (Lipinski definition) is 1. The Morgan fingerprint density at radius 3 is 2.29 bits per heavy atom. The highest BCUT2D eigenvalue weighted by Gasteiger charge is 2.19. The number of aryl methyl sites for hydroxylation is 1. The molecule has 34 heavy (non-hydrogen) atoms. The van der Waals surface area contributed by atoms with Crippen molar-refractivity contribution in [2.75, 3.05) is 22.5 Å². The van der Waals surface area contributed by atoms with Gasteiger partial charge >= 0.3 is 5.97 Å². The van der Waals surface area contributed by atoms with Gasteiger partial charge in [0.1, 0.15) is 0 Å². The largest absolute Gasteiger partial charge is 0.462 e. The molecule has 0 aliphatic rings. The fourth-order valence-corrected chi connectivity index (χ4v) is 4.32. The third kappa shape index (κ3) is 6.36. The molecule has 3 aromatic carbocycles. The molecule has 0 unspecified atom stereocenters. The summed E-state index contributed by atoms with van der Waals surface area (Å²) in [5.74, 6) is -0.817. The number of benzene rings is 3. The maximum absolute atomic E-state index is 12.8. The Morgan fingerprint density at radius 2 is 1.68 bits per heavy atom. The van der Waals surface area contributed by atoms with Crippen LogP contribution in [0.3, 0.4) is 0 Å². The van der Waals surface area contributed by atoms with Crippen molar-refractivity contribution < 1.29 is 22.7 Å². The van der Waals surface area contributed by atoms with Crippen LogP contribution in [0.2, 0.25) is 5.02 Å². The SMILES string of the molecule is CCOC(=O)c1ccc(C)c(NC(=O)c2ccc(CN(c3cccc(Cl)c3)S(C)(=O)=O)cc2)c1. The average Bonchev–Trinajstić information content (AvgIpc) is 2.78. The van der Waals surface area contributed by atoms with Gasteiger partial charge in [0.2, 0.25) is 10.0 Å². The minimum Gasteiger partial charge on any atom is -0.462 e. The number of amides is 1. The molecule has 0 saturated heterocycles. The van der Waals surface area contributed by atoms with Crippen LogP contribution in [0.4, 0.5) is 11.4 Å². The van der Waals surface area contributed by atoms with Crippen LogP contribution >= 0.6 is 11.6 Å². The Hall–Kier alpha value is -3.36. The van der Waals surface area contributed by atoms with Crippen molar-refractivity contribution >= 4 is 44.9 Å². The first-order valence-electron chi connectivity index (χ1n) is 10.5. The first-order valence-corrected chi connectivity index (χ1v) is 12.7. The van der Waals surface area contributed by atoms with E-state index in [-0.39, 0.29) is 19.1 Å². The van der Waals surface area contributed by atoms with Crippen molar-refractivity contribution in [1.29, 1.82) is 0 Å². The third-order valence-corrected chi connectivity index (χ3v) is 6.41. The summed E-state index contributed by atoms with van der Waals surface area (Å²) >= 11 is 6.03. The van der Waals surface area contributed by atoms with Crippen molar-refractivity contribution in [2.24, 2.45) is 0 Å². The average molecular weight is 501 g/mol. The van der Waals surface area contributed by atoms with Gasteiger partial charge in [0, 0.05) is 16.3 Å². The summed E-state index contributed by atoms with van der Waals surface area (Å²) in [6.07, 6.45) is 1.13. The van der Waals surface area contributed by atoms with Crippen LogP contribution < -0.4 is 9.62 Å². The number of halogens is 1. The number of anilines is 2. The summed E-state index contributed by atoms with van der Waals surface area (Å²) in [5, 5.41) is 3.24.